The van der Waals surface area contributed by atoms with Crippen molar-refractivity contribution in [3.05, 3.63) is 42.6 Å². The molecular weight excluding hydrogens is 392 g/mol. The molecule has 2 aromatic heterocycles. The molecule has 1 aliphatic heterocycles. The normalized spacial score (nSPS) is 16.9. The van der Waals surface area contributed by atoms with Crippen LogP contribution in [0.3, 0.4) is 0 Å². The summed E-state index contributed by atoms with van der Waals surface area (Å²) < 4.78 is 29.7. The van der Waals surface area contributed by atoms with Gasteiger partial charge in [-0.25, -0.2) is 28.1 Å². The van der Waals surface area contributed by atoms with E-state index in [2.05, 4.69) is 30.1 Å². The topological polar surface area (TPSA) is 141 Å². The van der Waals surface area contributed by atoms with Crippen molar-refractivity contribution in [1.82, 2.24) is 34.8 Å². The van der Waals surface area contributed by atoms with Crippen molar-refractivity contribution in [3.63, 3.8) is 0 Å². The summed E-state index contributed by atoms with van der Waals surface area (Å²) in [6, 6.07) is 4.96. The van der Waals surface area contributed by atoms with Gasteiger partial charge in [-0.3, -0.25) is 0 Å². The molecule has 4 N–H and O–H groups in total. The molecule has 0 radical (unpaired) electrons. The van der Waals surface area contributed by atoms with Crippen LogP contribution in [0.25, 0.3) is 17.1 Å². The monoisotopic (exact) mass is 414 g/mol. The van der Waals surface area contributed by atoms with Crippen LogP contribution in [-0.4, -0.2) is 52.8 Å². The molecule has 0 bridgehead atoms. The summed E-state index contributed by atoms with van der Waals surface area (Å²) in [6.45, 7) is 4.05. The van der Waals surface area contributed by atoms with Gasteiger partial charge >= 0.3 is 0 Å². The Morgan fingerprint density at radius 3 is 2.97 bits per heavy atom. The fourth-order valence-corrected chi connectivity index (χ4v) is 4.39. The first-order chi connectivity index (χ1) is 13.9. The number of aryl methyl sites for hydroxylation is 1. The van der Waals surface area contributed by atoms with Crippen molar-refractivity contribution in [2.24, 2.45) is 5.92 Å². The number of benzene rings is 1. The van der Waals surface area contributed by atoms with Gasteiger partial charge in [-0.2, -0.15) is 9.78 Å². The molecule has 1 saturated heterocycles. The number of hydrogen-bond acceptors (Lipinski definition) is 8. The number of rotatable bonds is 6. The maximum Gasteiger partial charge on any atom is 0.240 e. The van der Waals surface area contributed by atoms with E-state index in [9.17, 15) is 8.42 Å². The third kappa shape index (κ3) is 4.11. The Morgan fingerprint density at radius 2 is 2.24 bits per heavy atom. The highest BCUT2D eigenvalue weighted by Gasteiger charge is 2.21. The Balaban J connectivity index is 1.66. The van der Waals surface area contributed by atoms with Crippen molar-refractivity contribution in [3.8, 4) is 17.1 Å². The average molecular weight is 414 g/mol. The first kappa shape index (κ1) is 19.4. The van der Waals surface area contributed by atoms with Gasteiger partial charge in [0.25, 0.3) is 0 Å². The van der Waals surface area contributed by atoms with E-state index in [-0.39, 0.29) is 10.7 Å². The molecule has 4 rings (SSSR count). The fraction of sp³-hybridized carbons (Fsp3) is 0.333. The van der Waals surface area contributed by atoms with Crippen LogP contribution in [0.4, 0.5) is 5.82 Å². The quantitative estimate of drug-likeness (QED) is 0.530. The first-order valence-electron chi connectivity index (χ1n) is 9.23. The van der Waals surface area contributed by atoms with Crippen LogP contribution in [0.5, 0.6) is 0 Å². The Kier molecular flexibility index (Phi) is 5.26. The number of anilines is 1. The van der Waals surface area contributed by atoms with Crippen LogP contribution in [0, 0.1) is 12.8 Å². The molecule has 3 aromatic rings. The molecule has 0 amide bonds. The number of aromatic nitrogens is 5. The van der Waals surface area contributed by atoms with Gasteiger partial charge in [0, 0.05) is 12.1 Å². The number of hydrogen-bond donors (Lipinski definition) is 3. The molecular formula is C18H22N8O2S. The van der Waals surface area contributed by atoms with Crippen molar-refractivity contribution in [2.45, 2.75) is 18.2 Å². The van der Waals surface area contributed by atoms with Crippen LogP contribution < -0.4 is 15.8 Å². The Labute approximate surface area is 168 Å². The maximum absolute atomic E-state index is 12.8. The lowest BCUT2D eigenvalue weighted by atomic mass is 10.1. The standard InChI is InChI=1S/C18H22N8O2S/c1-12-2-3-14(29(27,28)24-8-13-4-5-20-7-13)6-15(12)16-9-22-17(19)18(25-16)26-11-21-10-23-26/h2-3,6,9-11,13,20,24H,4-5,7-8H2,1H3,(H2,19,22). The predicted molar refractivity (Wildman–Crippen MR) is 108 cm³/mol. The van der Waals surface area contributed by atoms with E-state index in [0.29, 0.717) is 29.5 Å². The highest BCUT2D eigenvalue weighted by atomic mass is 32.2. The summed E-state index contributed by atoms with van der Waals surface area (Å²) in [5.74, 6) is 0.843. The molecule has 1 unspecified atom stereocenters. The summed E-state index contributed by atoms with van der Waals surface area (Å²) in [5.41, 5.74) is 7.95. The number of nitrogens with one attached hydrogen (secondary N) is 2. The SMILES string of the molecule is Cc1ccc(S(=O)(=O)NCC2CCNC2)cc1-c1cnc(N)c(-n2cncn2)n1. The maximum atomic E-state index is 12.8. The highest BCUT2D eigenvalue weighted by Crippen LogP contribution is 2.26. The van der Waals surface area contributed by atoms with Gasteiger partial charge in [0.15, 0.2) is 11.6 Å². The lowest BCUT2D eigenvalue weighted by Gasteiger charge is -2.13. The van der Waals surface area contributed by atoms with E-state index < -0.39 is 10.0 Å². The molecule has 0 spiro atoms. The number of nitrogens with zero attached hydrogens (tertiary/aromatic N) is 5. The second kappa shape index (κ2) is 7.85. The van der Waals surface area contributed by atoms with E-state index >= 15 is 0 Å². The second-order valence-corrected chi connectivity index (χ2v) is 8.76. The molecule has 1 atom stereocenters. The lowest BCUT2D eigenvalue weighted by Crippen LogP contribution is -2.30. The Morgan fingerprint density at radius 1 is 1.38 bits per heavy atom. The molecule has 1 aliphatic rings. The molecule has 3 heterocycles. The van der Waals surface area contributed by atoms with Gasteiger partial charge < -0.3 is 11.1 Å². The predicted octanol–water partition coefficient (Wildman–Crippen LogP) is 0.503. The van der Waals surface area contributed by atoms with E-state index in [0.717, 1.165) is 25.1 Å². The van der Waals surface area contributed by atoms with Crippen LogP contribution >= 0.6 is 0 Å². The van der Waals surface area contributed by atoms with Gasteiger partial charge in [-0.15, -0.1) is 0 Å². The van der Waals surface area contributed by atoms with Gasteiger partial charge in [0.05, 0.1) is 16.8 Å². The van der Waals surface area contributed by atoms with Gasteiger partial charge in [-0.05, 0) is 50.0 Å². The van der Waals surface area contributed by atoms with Gasteiger partial charge in [0.2, 0.25) is 10.0 Å². The van der Waals surface area contributed by atoms with Crippen LogP contribution in [0.2, 0.25) is 0 Å². The lowest BCUT2D eigenvalue weighted by molar-refractivity contribution is 0.539. The largest absolute Gasteiger partial charge is 0.381 e. The summed E-state index contributed by atoms with van der Waals surface area (Å²) in [5, 5.41) is 7.27. The first-order valence-corrected chi connectivity index (χ1v) is 10.7. The number of nitrogen functional groups attached to an aromatic ring is 1. The van der Waals surface area contributed by atoms with E-state index in [4.69, 9.17) is 5.73 Å². The summed E-state index contributed by atoms with van der Waals surface area (Å²) >= 11 is 0. The molecule has 1 aromatic carbocycles. The summed E-state index contributed by atoms with van der Waals surface area (Å²) in [7, 11) is -3.63. The van der Waals surface area contributed by atoms with E-state index in [1.807, 2.05) is 6.92 Å². The van der Waals surface area contributed by atoms with Gasteiger partial charge in [0.1, 0.15) is 12.7 Å². The highest BCUT2D eigenvalue weighted by molar-refractivity contribution is 7.89. The van der Waals surface area contributed by atoms with Gasteiger partial charge in [-0.1, -0.05) is 6.07 Å². The van der Waals surface area contributed by atoms with E-state index in [1.54, 1.807) is 18.2 Å². The van der Waals surface area contributed by atoms with Crippen molar-refractivity contribution in [2.75, 3.05) is 25.4 Å². The molecule has 0 aliphatic carbocycles. The van der Waals surface area contributed by atoms with Crippen LogP contribution in [0.15, 0.2) is 41.9 Å². The average Bonchev–Trinajstić information content (AvgIpc) is 3.41. The third-order valence-corrected chi connectivity index (χ3v) is 6.36. The Bertz CT molecular complexity index is 1110. The zero-order valence-corrected chi connectivity index (χ0v) is 16.7. The molecule has 11 heteroatoms. The Hall–Kier alpha value is -2.89. The van der Waals surface area contributed by atoms with Crippen molar-refractivity contribution < 1.29 is 8.42 Å². The smallest absolute Gasteiger partial charge is 0.240 e. The molecule has 1 fully saturated rings. The fourth-order valence-electron chi connectivity index (χ4n) is 3.25. The van der Waals surface area contributed by atoms with Crippen molar-refractivity contribution in [1.29, 1.82) is 0 Å². The summed E-state index contributed by atoms with van der Waals surface area (Å²) in [6.07, 6.45) is 5.33. The zero-order chi connectivity index (χ0) is 20.4. The van der Waals surface area contributed by atoms with Crippen molar-refractivity contribution >= 4 is 15.8 Å². The van der Waals surface area contributed by atoms with Crippen LogP contribution in [0.1, 0.15) is 12.0 Å². The third-order valence-electron chi connectivity index (χ3n) is 4.94. The van der Waals surface area contributed by atoms with E-state index in [1.165, 1.54) is 23.5 Å². The van der Waals surface area contributed by atoms with Crippen LogP contribution in [-0.2, 0) is 10.0 Å². The minimum Gasteiger partial charge on any atom is -0.381 e. The summed E-state index contributed by atoms with van der Waals surface area (Å²) in [4.78, 5) is 12.8. The molecule has 0 saturated carbocycles. The minimum atomic E-state index is -3.63. The molecule has 29 heavy (non-hydrogen) atoms. The molecule has 10 nitrogen and oxygen atoms in total. The minimum absolute atomic E-state index is 0.185. The number of nitrogens with two attached hydrogens (primary N) is 1. The second-order valence-electron chi connectivity index (χ2n) is 6.99. The zero-order valence-electron chi connectivity index (χ0n) is 15.9. The molecule has 152 valence electrons. The number of sulfonamides is 1.